The van der Waals surface area contributed by atoms with E-state index in [2.05, 4.69) is 16.7 Å². The van der Waals surface area contributed by atoms with Gasteiger partial charge in [-0.2, -0.15) is 0 Å². The fraction of sp³-hybridized carbons (Fsp3) is 0.462. The van der Waals surface area contributed by atoms with E-state index in [1.165, 1.54) is 0 Å². The molecule has 1 aromatic carbocycles. The van der Waals surface area contributed by atoms with E-state index < -0.39 is 0 Å². The van der Waals surface area contributed by atoms with E-state index in [4.69, 9.17) is 0 Å². The van der Waals surface area contributed by atoms with Crippen molar-refractivity contribution >= 4 is 11.7 Å². The highest BCUT2D eigenvalue weighted by atomic mass is 16.2. The molecule has 2 rings (SSSR count). The Bertz CT molecular complexity index is 411. The quantitative estimate of drug-likeness (QED) is 0.776. The van der Waals surface area contributed by atoms with Gasteiger partial charge in [0.2, 0.25) is 0 Å². The van der Waals surface area contributed by atoms with Crippen LogP contribution in [0.2, 0.25) is 0 Å². The molecule has 0 aliphatic carbocycles. The Hall–Kier alpha value is -1.55. The molecule has 0 atom stereocenters. The second-order valence-electron chi connectivity index (χ2n) is 4.49. The molecular formula is C13H19N3O. The molecule has 17 heavy (non-hydrogen) atoms. The van der Waals surface area contributed by atoms with Crippen LogP contribution in [0.5, 0.6) is 0 Å². The van der Waals surface area contributed by atoms with Crippen molar-refractivity contribution in [3.63, 3.8) is 0 Å². The molecule has 1 saturated heterocycles. The number of anilines is 1. The number of hydrogen-bond acceptors (Lipinski definition) is 2. The topological polar surface area (TPSA) is 44.4 Å². The lowest BCUT2D eigenvalue weighted by molar-refractivity contribution is 0.204. The summed E-state index contributed by atoms with van der Waals surface area (Å²) in [6, 6.07) is 6.09. The Morgan fingerprint density at radius 1 is 1.29 bits per heavy atom. The van der Waals surface area contributed by atoms with Crippen LogP contribution in [0.1, 0.15) is 11.1 Å². The number of hydrogen-bond donors (Lipinski definition) is 2. The van der Waals surface area contributed by atoms with Gasteiger partial charge in [-0.05, 0) is 31.0 Å². The molecule has 2 N–H and O–H groups in total. The van der Waals surface area contributed by atoms with E-state index in [1.807, 2.05) is 30.9 Å². The SMILES string of the molecule is Cc1ccc(C)c(NC(=O)N2CCNCC2)c1. The van der Waals surface area contributed by atoms with Gasteiger partial charge in [0, 0.05) is 31.9 Å². The first-order chi connectivity index (χ1) is 8.16. The van der Waals surface area contributed by atoms with Gasteiger partial charge in [-0.1, -0.05) is 12.1 Å². The number of nitrogens with zero attached hydrogens (tertiary/aromatic N) is 1. The maximum atomic E-state index is 12.0. The standard InChI is InChI=1S/C13H19N3O/c1-10-3-4-11(2)12(9-10)15-13(17)16-7-5-14-6-8-16/h3-4,9,14H,5-8H2,1-2H3,(H,15,17). The third-order valence-electron chi connectivity index (χ3n) is 3.04. The van der Waals surface area contributed by atoms with Crippen molar-refractivity contribution in [2.75, 3.05) is 31.5 Å². The van der Waals surface area contributed by atoms with E-state index in [0.717, 1.165) is 43.0 Å². The molecule has 0 aromatic heterocycles. The number of carbonyl (C=O) groups is 1. The molecule has 4 nitrogen and oxygen atoms in total. The van der Waals surface area contributed by atoms with E-state index in [1.54, 1.807) is 0 Å². The molecule has 1 heterocycles. The molecule has 0 bridgehead atoms. The average molecular weight is 233 g/mol. The van der Waals surface area contributed by atoms with Crippen molar-refractivity contribution in [1.29, 1.82) is 0 Å². The number of amides is 2. The molecule has 4 heteroatoms. The molecule has 0 spiro atoms. The van der Waals surface area contributed by atoms with Gasteiger partial charge in [0.05, 0.1) is 0 Å². The number of benzene rings is 1. The minimum Gasteiger partial charge on any atom is -0.322 e. The van der Waals surface area contributed by atoms with Gasteiger partial charge in [-0.15, -0.1) is 0 Å². The minimum absolute atomic E-state index is 0.000185. The van der Waals surface area contributed by atoms with Crippen LogP contribution in [-0.4, -0.2) is 37.1 Å². The van der Waals surface area contributed by atoms with Crippen molar-refractivity contribution in [3.8, 4) is 0 Å². The van der Waals surface area contributed by atoms with Crippen LogP contribution in [0.3, 0.4) is 0 Å². The van der Waals surface area contributed by atoms with Gasteiger partial charge in [0.25, 0.3) is 0 Å². The van der Waals surface area contributed by atoms with Crippen molar-refractivity contribution in [3.05, 3.63) is 29.3 Å². The second-order valence-corrected chi connectivity index (χ2v) is 4.49. The number of piperazine rings is 1. The van der Waals surface area contributed by atoms with E-state index in [-0.39, 0.29) is 6.03 Å². The van der Waals surface area contributed by atoms with Gasteiger partial charge in [0.1, 0.15) is 0 Å². The van der Waals surface area contributed by atoms with Crippen LogP contribution in [-0.2, 0) is 0 Å². The van der Waals surface area contributed by atoms with Crippen molar-refractivity contribution in [2.45, 2.75) is 13.8 Å². The lowest BCUT2D eigenvalue weighted by atomic mass is 10.1. The normalized spacial score (nSPS) is 15.8. The first-order valence-electron chi connectivity index (χ1n) is 6.01. The number of nitrogens with one attached hydrogen (secondary N) is 2. The molecule has 0 unspecified atom stereocenters. The number of rotatable bonds is 1. The molecule has 1 fully saturated rings. The summed E-state index contributed by atoms with van der Waals surface area (Å²) in [5, 5.41) is 6.21. The zero-order valence-corrected chi connectivity index (χ0v) is 10.4. The molecule has 92 valence electrons. The fourth-order valence-electron chi connectivity index (χ4n) is 1.93. The zero-order chi connectivity index (χ0) is 12.3. The van der Waals surface area contributed by atoms with Gasteiger partial charge in [-0.3, -0.25) is 0 Å². The predicted molar refractivity (Wildman–Crippen MR) is 69.4 cm³/mol. The second kappa shape index (κ2) is 5.19. The smallest absolute Gasteiger partial charge is 0.321 e. The zero-order valence-electron chi connectivity index (χ0n) is 10.4. The number of carbonyl (C=O) groups excluding carboxylic acids is 1. The first kappa shape index (κ1) is 11.9. The van der Waals surface area contributed by atoms with E-state index in [9.17, 15) is 4.79 Å². The van der Waals surface area contributed by atoms with Crippen LogP contribution >= 0.6 is 0 Å². The Morgan fingerprint density at radius 3 is 2.71 bits per heavy atom. The van der Waals surface area contributed by atoms with Crippen LogP contribution in [0.4, 0.5) is 10.5 Å². The highest BCUT2D eigenvalue weighted by Crippen LogP contribution is 2.16. The summed E-state index contributed by atoms with van der Waals surface area (Å²) in [7, 11) is 0. The molecule has 0 saturated carbocycles. The van der Waals surface area contributed by atoms with Crippen LogP contribution in [0, 0.1) is 13.8 Å². The lowest BCUT2D eigenvalue weighted by Gasteiger charge is -2.27. The summed E-state index contributed by atoms with van der Waals surface area (Å²) >= 11 is 0. The highest BCUT2D eigenvalue weighted by molar-refractivity contribution is 5.90. The number of aryl methyl sites for hydroxylation is 2. The van der Waals surface area contributed by atoms with Crippen molar-refractivity contribution < 1.29 is 4.79 Å². The maximum absolute atomic E-state index is 12.0. The summed E-state index contributed by atoms with van der Waals surface area (Å²) in [5.41, 5.74) is 3.17. The lowest BCUT2D eigenvalue weighted by Crippen LogP contribution is -2.48. The molecule has 1 aliphatic rings. The van der Waals surface area contributed by atoms with Gasteiger partial charge in [0.15, 0.2) is 0 Å². The minimum atomic E-state index is 0.000185. The summed E-state index contributed by atoms with van der Waals surface area (Å²) in [6.07, 6.45) is 0. The Kier molecular flexibility index (Phi) is 3.64. The maximum Gasteiger partial charge on any atom is 0.321 e. The first-order valence-corrected chi connectivity index (χ1v) is 6.01. The van der Waals surface area contributed by atoms with Gasteiger partial charge >= 0.3 is 6.03 Å². The molecule has 0 radical (unpaired) electrons. The monoisotopic (exact) mass is 233 g/mol. The summed E-state index contributed by atoms with van der Waals surface area (Å²) in [6.45, 7) is 7.33. The Labute approximate surface area is 102 Å². The van der Waals surface area contributed by atoms with Gasteiger partial charge < -0.3 is 15.5 Å². The third kappa shape index (κ3) is 2.97. The molecule has 1 aliphatic heterocycles. The van der Waals surface area contributed by atoms with Crippen LogP contribution in [0.15, 0.2) is 18.2 Å². The van der Waals surface area contributed by atoms with E-state index >= 15 is 0 Å². The average Bonchev–Trinajstić information content (AvgIpc) is 2.35. The summed E-state index contributed by atoms with van der Waals surface area (Å²) < 4.78 is 0. The summed E-state index contributed by atoms with van der Waals surface area (Å²) in [4.78, 5) is 13.9. The largest absolute Gasteiger partial charge is 0.322 e. The van der Waals surface area contributed by atoms with Crippen LogP contribution in [0.25, 0.3) is 0 Å². The Balaban J connectivity index is 2.04. The molecular weight excluding hydrogens is 214 g/mol. The van der Waals surface area contributed by atoms with Crippen molar-refractivity contribution in [2.24, 2.45) is 0 Å². The highest BCUT2D eigenvalue weighted by Gasteiger charge is 2.16. The van der Waals surface area contributed by atoms with E-state index in [0.29, 0.717) is 0 Å². The van der Waals surface area contributed by atoms with Crippen LogP contribution < -0.4 is 10.6 Å². The molecule has 2 amide bonds. The fourth-order valence-corrected chi connectivity index (χ4v) is 1.93. The third-order valence-corrected chi connectivity index (χ3v) is 3.04. The van der Waals surface area contributed by atoms with Crippen molar-refractivity contribution in [1.82, 2.24) is 10.2 Å². The Morgan fingerprint density at radius 2 is 2.00 bits per heavy atom. The predicted octanol–water partition coefficient (Wildman–Crippen LogP) is 1.74. The number of urea groups is 1. The summed E-state index contributed by atoms with van der Waals surface area (Å²) in [5.74, 6) is 0. The molecule has 1 aromatic rings. The van der Waals surface area contributed by atoms with Gasteiger partial charge in [-0.25, -0.2) is 4.79 Å².